The van der Waals surface area contributed by atoms with Crippen LogP contribution in [-0.2, 0) is 14.3 Å². The SMILES string of the molecule is COCCNC(=O)CNc1ccccc1OCC1CCCO1. The second-order valence-corrected chi connectivity index (χ2v) is 5.14. The zero-order valence-corrected chi connectivity index (χ0v) is 13.0. The van der Waals surface area contributed by atoms with Crippen LogP contribution in [0.3, 0.4) is 0 Å². The molecule has 6 heteroatoms. The molecule has 0 bridgehead atoms. The number of carbonyl (C=O) groups is 1. The zero-order valence-electron chi connectivity index (χ0n) is 13.0. The van der Waals surface area contributed by atoms with Crippen molar-refractivity contribution < 1.29 is 19.0 Å². The second-order valence-electron chi connectivity index (χ2n) is 5.14. The van der Waals surface area contributed by atoms with Gasteiger partial charge >= 0.3 is 0 Å². The Morgan fingerprint density at radius 2 is 2.27 bits per heavy atom. The number of ether oxygens (including phenoxy) is 3. The molecule has 1 atom stereocenters. The van der Waals surface area contributed by atoms with E-state index in [9.17, 15) is 4.79 Å². The van der Waals surface area contributed by atoms with Gasteiger partial charge in [-0.15, -0.1) is 0 Å². The quantitative estimate of drug-likeness (QED) is 0.675. The molecule has 0 saturated carbocycles. The maximum absolute atomic E-state index is 11.7. The number of hydrogen-bond donors (Lipinski definition) is 2. The van der Waals surface area contributed by atoms with Crippen LogP contribution >= 0.6 is 0 Å². The first-order valence-electron chi connectivity index (χ1n) is 7.62. The van der Waals surface area contributed by atoms with Crippen molar-refractivity contribution in [3.05, 3.63) is 24.3 Å². The molecule has 22 heavy (non-hydrogen) atoms. The lowest BCUT2D eigenvalue weighted by Gasteiger charge is -2.15. The highest BCUT2D eigenvalue weighted by Gasteiger charge is 2.16. The van der Waals surface area contributed by atoms with Gasteiger partial charge in [0.2, 0.25) is 5.91 Å². The minimum atomic E-state index is -0.0778. The van der Waals surface area contributed by atoms with Gasteiger partial charge in [-0.05, 0) is 25.0 Å². The molecule has 0 aliphatic carbocycles. The number of rotatable bonds is 9. The minimum absolute atomic E-state index is 0.0778. The molecule has 1 aromatic carbocycles. The van der Waals surface area contributed by atoms with Crippen LogP contribution in [0.5, 0.6) is 5.75 Å². The molecule has 6 nitrogen and oxygen atoms in total. The monoisotopic (exact) mass is 308 g/mol. The first-order valence-corrected chi connectivity index (χ1v) is 7.62. The van der Waals surface area contributed by atoms with Crippen LogP contribution in [0.15, 0.2) is 24.3 Å². The van der Waals surface area contributed by atoms with Crippen molar-refractivity contribution in [1.29, 1.82) is 0 Å². The highest BCUT2D eigenvalue weighted by Crippen LogP contribution is 2.24. The third kappa shape index (κ3) is 5.54. The Balaban J connectivity index is 1.78. The van der Waals surface area contributed by atoms with Crippen LogP contribution in [0.25, 0.3) is 0 Å². The fraction of sp³-hybridized carbons (Fsp3) is 0.562. The summed E-state index contributed by atoms with van der Waals surface area (Å²) in [5.41, 5.74) is 0.808. The van der Waals surface area contributed by atoms with Gasteiger partial charge in [-0.1, -0.05) is 12.1 Å². The van der Waals surface area contributed by atoms with Gasteiger partial charge in [0, 0.05) is 20.3 Å². The number of amides is 1. The Morgan fingerprint density at radius 3 is 3.05 bits per heavy atom. The van der Waals surface area contributed by atoms with Crippen molar-refractivity contribution in [3.63, 3.8) is 0 Å². The van der Waals surface area contributed by atoms with Gasteiger partial charge in [0.1, 0.15) is 12.4 Å². The van der Waals surface area contributed by atoms with Crippen LogP contribution < -0.4 is 15.4 Å². The van der Waals surface area contributed by atoms with E-state index in [1.165, 1.54) is 0 Å². The van der Waals surface area contributed by atoms with E-state index in [4.69, 9.17) is 14.2 Å². The van der Waals surface area contributed by atoms with E-state index >= 15 is 0 Å². The molecule has 2 rings (SSSR count). The second kappa shape index (κ2) is 9.27. The molecule has 0 aromatic heterocycles. The zero-order chi connectivity index (χ0) is 15.6. The summed E-state index contributed by atoms with van der Waals surface area (Å²) < 4.78 is 16.2. The molecule has 0 radical (unpaired) electrons. The average molecular weight is 308 g/mol. The van der Waals surface area contributed by atoms with Gasteiger partial charge in [-0.25, -0.2) is 0 Å². The summed E-state index contributed by atoms with van der Waals surface area (Å²) in [5, 5.41) is 5.86. The highest BCUT2D eigenvalue weighted by molar-refractivity contribution is 5.81. The molecule has 122 valence electrons. The summed E-state index contributed by atoms with van der Waals surface area (Å²) in [6, 6.07) is 7.60. The van der Waals surface area contributed by atoms with Crippen LogP contribution in [0, 0.1) is 0 Å². The van der Waals surface area contributed by atoms with Crippen LogP contribution in [-0.4, -0.2) is 52.0 Å². The third-order valence-corrected chi connectivity index (χ3v) is 3.40. The smallest absolute Gasteiger partial charge is 0.239 e. The molecule has 1 aliphatic heterocycles. The average Bonchev–Trinajstić information content (AvgIpc) is 3.05. The molecule has 1 unspecified atom stereocenters. The third-order valence-electron chi connectivity index (χ3n) is 3.40. The molecule has 1 heterocycles. The highest BCUT2D eigenvalue weighted by atomic mass is 16.5. The van der Waals surface area contributed by atoms with Crippen molar-refractivity contribution in [2.24, 2.45) is 0 Å². The lowest BCUT2D eigenvalue weighted by Crippen LogP contribution is -2.32. The minimum Gasteiger partial charge on any atom is -0.489 e. The van der Waals surface area contributed by atoms with E-state index in [1.807, 2.05) is 24.3 Å². The summed E-state index contributed by atoms with van der Waals surface area (Å²) in [6.45, 7) is 2.57. The summed E-state index contributed by atoms with van der Waals surface area (Å²) in [5.74, 6) is 0.661. The molecule has 1 fully saturated rings. The van der Waals surface area contributed by atoms with E-state index in [2.05, 4.69) is 10.6 Å². The van der Waals surface area contributed by atoms with Crippen molar-refractivity contribution in [3.8, 4) is 5.75 Å². The number of para-hydroxylation sites is 2. The fourth-order valence-electron chi connectivity index (χ4n) is 2.23. The van der Waals surface area contributed by atoms with E-state index < -0.39 is 0 Å². The lowest BCUT2D eigenvalue weighted by atomic mass is 10.2. The Bertz CT molecular complexity index is 461. The molecule has 1 aliphatic rings. The van der Waals surface area contributed by atoms with Gasteiger partial charge in [0.05, 0.1) is 24.9 Å². The van der Waals surface area contributed by atoms with Crippen LogP contribution in [0.2, 0.25) is 0 Å². The maximum atomic E-state index is 11.7. The van der Waals surface area contributed by atoms with E-state index in [0.29, 0.717) is 19.8 Å². The summed E-state index contributed by atoms with van der Waals surface area (Å²) in [6.07, 6.45) is 2.30. The first kappa shape index (κ1) is 16.6. The fourth-order valence-corrected chi connectivity index (χ4v) is 2.23. The normalized spacial score (nSPS) is 17.2. The maximum Gasteiger partial charge on any atom is 0.239 e. The van der Waals surface area contributed by atoms with Gasteiger partial charge in [-0.2, -0.15) is 0 Å². The Morgan fingerprint density at radius 1 is 1.41 bits per heavy atom. The van der Waals surface area contributed by atoms with Crippen molar-refractivity contribution >= 4 is 11.6 Å². The largest absolute Gasteiger partial charge is 0.489 e. The van der Waals surface area contributed by atoms with Gasteiger partial charge in [0.25, 0.3) is 0 Å². The van der Waals surface area contributed by atoms with Crippen LogP contribution in [0.1, 0.15) is 12.8 Å². The first-order chi connectivity index (χ1) is 10.8. The predicted molar refractivity (Wildman–Crippen MR) is 84.3 cm³/mol. The van der Waals surface area contributed by atoms with Crippen molar-refractivity contribution in [1.82, 2.24) is 5.32 Å². The Labute approximate surface area is 131 Å². The number of anilines is 1. The summed E-state index contributed by atoms with van der Waals surface area (Å²) in [7, 11) is 1.60. The predicted octanol–water partition coefficient (Wildman–Crippen LogP) is 1.42. The van der Waals surface area contributed by atoms with E-state index in [1.54, 1.807) is 7.11 Å². The number of nitrogens with one attached hydrogen (secondary N) is 2. The molecule has 2 N–H and O–H groups in total. The topological polar surface area (TPSA) is 68.8 Å². The van der Waals surface area contributed by atoms with Gasteiger partial charge in [-0.3, -0.25) is 4.79 Å². The van der Waals surface area contributed by atoms with Crippen molar-refractivity contribution in [2.45, 2.75) is 18.9 Å². The lowest BCUT2D eigenvalue weighted by molar-refractivity contribution is -0.119. The molecule has 1 aromatic rings. The van der Waals surface area contributed by atoms with Crippen molar-refractivity contribution in [2.75, 3.05) is 45.3 Å². The molecular weight excluding hydrogens is 284 g/mol. The molecule has 1 saturated heterocycles. The molecule has 1 amide bonds. The molecule has 0 spiro atoms. The number of hydrogen-bond acceptors (Lipinski definition) is 5. The van der Waals surface area contributed by atoms with Crippen LogP contribution in [0.4, 0.5) is 5.69 Å². The van der Waals surface area contributed by atoms with Gasteiger partial charge < -0.3 is 24.8 Å². The van der Waals surface area contributed by atoms with E-state index in [0.717, 1.165) is 30.9 Å². The Hall–Kier alpha value is -1.79. The molecular formula is C16H24N2O4. The Kier molecular flexibility index (Phi) is 6.99. The number of methoxy groups -OCH3 is 1. The summed E-state index contributed by atoms with van der Waals surface area (Å²) in [4.78, 5) is 11.7. The number of carbonyl (C=O) groups excluding carboxylic acids is 1. The van der Waals surface area contributed by atoms with Gasteiger partial charge in [0.15, 0.2) is 0 Å². The number of benzene rings is 1. The summed E-state index contributed by atoms with van der Waals surface area (Å²) >= 11 is 0. The standard InChI is InChI=1S/C16H24N2O4/c1-20-10-8-17-16(19)11-18-14-6-2-3-7-15(14)22-12-13-5-4-9-21-13/h2-3,6-7,13,18H,4-5,8-12H2,1H3,(H,17,19). The van der Waals surface area contributed by atoms with E-state index in [-0.39, 0.29) is 18.6 Å².